The number of nitrogens with zero attached hydrogens (tertiary/aromatic N) is 2. The summed E-state index contributed by atoms with van der Waals surface area (Å²) in [6.45, 7) is 8.44. The SMILES string of the molecule is C/C=C\C(=C/C)c1cc(Cc2cccc(C(=O)NCc3ccc(C)nc3)c2C)ccn1. The predicted octanol–water partition coefficient (Wildman–Crippen LogP) is 5.59. The van der Waals surface area contributed by atoms with Crippen molar-refractivity contribution in [2.45, 2.75) is 40.7 Å². The summed E-state index contributed by atoms with van der Waals surface area (Å²) in [7, 11) is 0. The zero-order chi connectivity index (χ0) is 22.2. The summed E-state index contributed by atoms with van der Waals surface area (Å²) < 4.78 is 0. The molecule has 158 valence electrons. The summed E-state index contributed by atoms with van der Waals surface area (Å²) in [5, 5.41) is 3.01. The number of nitrogens with one attached hydrogen (secondary N) is 1. The first-order chi connectivity index (χ1) is 15.0. The molecule has 2 aromatic heterocycles. The van der Waals surface area contributed by atoms with E-state index in [0.29, 0.717) is 12.1 Å². The lowest BCUT2D eigenvalue weighted by Gasteiger charge is -2.13. The fourth-order valence-corrected chi connectivity index (χ4v) is 3.47. The summed E-state index contributed by atoms with van der Waals surface area (Å²) in [6.07, 6.45) is 10.5. The lowest BCUT2D eigenvalue weighted by Crippen LogP contribution is -2.24. The molecule has 0 unspecified atom stereocenters. The number of amides is 1. The molecule has 1 aromatic carbocycles. The van der Waals surface area contributed by atoms with E-state index < -0.39 is 0 Å². The van der Waals surface area contributed by atoms with Crippen LogP contribution in [0.15, 0.2) is 73.1 Å². The van der Waals surface area contributed by atoms with E-state index in [0.717, 1.165) is 40.1 Å². The van der Waals surface area contributed by atoms with Gasteiger partial charge in [0, 0.05) is 30.2 Å². The lowest BCUT2D eigenvalue weighted by molar-refractivity contribution is 0.0950. The van der Waals surface area contributed by atoms with Crippen molar-refractivity contribution in [2.24, 2.45) is 0 Å². The summed E-state index contributed by atoms with van der Waals surface area (Å²) >= 11 is 0. The van der Waals surface area contributed by atoms with E-state index in [9.17, 15) is 4.79 Å². The number of hydrogen-bond acceptors (Lipinski definition) is 3. The lowest BCUT2D eigenvalue weighted by atomic mass is 9.96. The van der Waals surface area contributed by atoms with Gasteiger partial charge in [-0.3, -0.25) is 14.8 Å². The van der Waals surface area contributed by atoms with Crippen LogP contribution in [0.5, 0.6) is 0 Å². The van der Waals surface area contributed by atoms with E-state index in [1.165, 1.54) is 5.56 Å². The van der Waals surface area contributed by atoms with Gasteiger partial charge in [0.15, 0.2) is 0 Å². The van der Waals surface area contributed by atoms with Crippen molar-refractivity contribution in [1.82, 2.24) is 15.3 Å². The van der Waals surface area contributed by atoms with Crippen molar-refractivity contribution in [3.63, 3.8) is 0 Å². The second-order valence-electron chi connectivity index (χ2n) is 7.55. The van der Waals surface area contributed by atoms with Crippen molar-refractivity contribution in [3.8, 4) is 0 Å². The van der Waals surface area contributed by atoms with Gasteiger partial charge in [0.25, 0.3) is 5.91 Å². The average molecular weight is 412 g/mol. The number of carbonyl (C=O) groups excluding carboxylic acids is 1. The number of pyridine rings is 2. The Morgan fingerprint density at radius 2 is 1.87 bits per heavy atom. The minimum atomic E-state index is -0.0698. The van der Waals surface area contributed by atoms with Crippen LogP contribution in [0.2, 0.25) is 0 Å². The van der Waals surface area contributed by atoms with E-state index in [1.54, 1.807) is 6.20 Å². The fourth-order valence-electron chi connectivity index (χ4n) is 3.47. The maximum absolute atomic E-state index is 12.8. The number of benzene rings is 1. The maximum Gasteiger partial charge on any atom is 0.251 e. The van der Waals surface area contributed by atoms with Crippen LogP contribution in [0.1, 0.15) is 57.8 Å². The quantitative estimate of drug-likeness (QED) is 0.515. The Morgan fingerprint density at radius 1 is 1.03 bits per heavy atom. The third kappa shape index (κ3) is 5.76. The van der Waals surface area contributed by atoms with Crippen molar-refractivity contribution in [3.05, 3.63) is 112 Å². The minimum absolute atomic E-state index is 0.0698. The van der Waals surface area contributed by atoms with Crippen LogP contribution >= 0.6 is 0 Å². The van der Waals surface area contributed by atoms with Gasteiger partial charge in [0.2, 0.25) is 0 Å². The summed E-state index contributed by atoms with van der Waals surface area (Å²) in [5.41, 5.74) is 8.00. The molecule has 0 saturated heterocycles. The fraction of sp³-hybridized carbons (Fsp3) is 0.222. The first-order valence-electron chi connectivity index (χ1n) is 10.5. The maximum atomic E-state index is 12.8. The van der Waals surface area contributed by atoms with Crippen LogP contribution in [-0.4, -0.2) is 15.9 Å². The molecule has 31 heavy (non-hydrogen) atoms. The van der Waals surface area contributed by atoms with Gasteiger partial charge in [-0.15, -0.1) is 0 Å². The average Bonchev–Trinajstić information content (AvgIpc) is 2.78. The van der Waals surface area contributed by atoms with E-state index in [1.807, 2.05) is 70.3 Å². The van der Waals surface area contributed by atoms with E-state index in [2.05, 4.69) is 39.6 Å². The highest BCUT2D eigenvalue weighted by molar-refractivity contribution is 5.95. The van der Waals surface area contributed by atoms with Crippen molar-refractivity contribution < 1.29 is 4.79 Å². The van der Waals surface area contributed by atoms with Gasteiger partial charge >= 0.3 is 0 Å². The third-order valence-corrected chi connectivity index (χ3v) is 5.29. The van der Waals surface area contributed by atoms with Crippen molar-refractivity contribution >= 4 is 11.5 Å². The predicted molar refractivity (Wildman–Crippen MR) is 127 cm³/mol. The Hall–Kier alpha value is -3.53. The Morgan fingerprint density at radius 3 is 2.58 bits per heavy atom. The van der Waals surface area contributed by atoms with Gasteiger partial charge < -0.3 is 5.32 Å². The molecule has 0 aliphatic carbocycles. The smallest absolute Gasteiger partial charge is 0.251 e. The molecule has 0 bridgehead atoms. The highest BCUT2D eigenvalue weighted by Crippen LogP contribution is 2.20. The normalized spacial score (nSPS) is 11.7. The monoisotopic (exact) mass is 411 g/mol. The topological polar surface area (TPSA) is 54.9 Å². The molecule has 0 saturated carbocycles. The molecule has 0 spiro atoms. The number of hydrogen-bond donors (Lipinski definition) is 1. The highest BCUT2D eigenvalue weighted by Gasteiger charge is 2.12. The van der Waals surface area contributed by atoms with Gasteiger partial charge in [0.05, 0.1) is 5.69 Å². The molecule has 0 radical (unpaired) electrons. The van der Waals surface area contributed by atoms with Crippen LogP contribution in [-0.2, 0) is 13.0 Å². The molecule has 0 aliphatic rings. The van der Waals surface area contributed by atoms with Crippen molar-refractivity contribution in [2.75, 3.05) is 0 Å². The molecule has 1 N–H and O–H groups in total. The second kappa shape index (κ2) is 10.5. The number of aryl methyl sites for hydroxylation is 1. The van der Waals surface area contributed by atoms with E-state index in [-0.39, 0.29) is 5.91 Å². The Labute approximate surface area is 184 Å². The highest BCUT2D eigenvalue weighted by atomic mass is 16.1. The van der Waals surface area contributed by atoms with Gasteiger partial charge in [-0.1, -0.05) is 36.4 Å². The first kappa shape index (κ1) is 22.2. The molecule has 2 heterocycles. The first-order valence-corrected chi connectivity index (χ1v) is 10.5. The summed E-state index contributed by atoms with van der Waals surface area (Å²) in [6, 6.07) is 14.0. The van der Waals surface area contributed by atoms with Gasteiger partial charge in [-0.2, -0.15) is 0 Å². The van der Waals surface area contributed by atoms with E-state index in [4.69, 9.17) is 0 Å². The standard InChI is InChI=1S/C27H29N3O/c1-5-8-23(6-2)26-16-21(13-14-28-26)15-24-9-7-10-25(20(24)4)27(31)30-18-22-12-11-19(3)29-17-22/h5-14,16-17H,15,18H2,1-4H3,(H,30,31)/b8-5-,23-6+. The Balaban J connectivity index is 1.76. The number of allylic oxidation sites excluding steroid dienone is 4. The minimum Gasteiger partial charge on any atom is -0.348 e. The summed E-state index contributed by atoms with van der Waals surface area (Å²) in [5.74, 6) is -0.0698. The Kier molecular flexibility index (Phi) is 7.50. The zero-order valence-electron chi connectivity index (χ0n) is 18.6. The summed E-state index contributed by atoms with van der Waals surface area (Å²) in [4.78, 5) is 21.6. The molecule has 4 heteroatoms. The van der Waals surface area contributed by atoms with Crippen molar-refractivity contribution in [1.29, 1.82) is 0 Å². The molecule has 0 aliphatic heterocycles. The zero-order valence-corrected chi connectivity index (χ0v) is 18.6. The molecule has 0 atom stereocenters. The van der Waals surface area contributed by atoms with Crippen LogP contribution in [0.4, 0.5) is 0 Å². The number of carbonyl (C=O) groups is 1. The second-order valence-corrected chi connectivity index (χ2v) is 7.55. The van der Waals surface area contributed by atoms with Crippen LogP contribution in [0.3, 0.4) is 0 Å². The van der Waals surface area contributed by atoms with Crippen LogP contribution < -0.4 is 5.32 Å². The molecule has 3 aromatic rings. The largest absolute Gasteiger partial charge is 0.348 e. The molecular formula is C27H29N3O. The molecule has 4 nitrogen and oxygen atoms in total. The molecule has 0 fully saturated rings. The molecule has 3 rings (SSSR count). The third-order valence-electron chi connectivity index (χ3n) is 5.29. The Bertz CT molecular complexity index is 1110. The molecular weight excluding hydrogens is 382 g/mol. The van der Waals surface area contributed by atoms with Gasteiger partial charge in [0.1, 0.15) is 0 Å². The van der Waals surface area contributed by atoms with Gasteiger partial charge in [-0.25, -0.2) is 0 Å². The van der Waals surface area contributed by atoms with Crippen LogP contribution in [0.25, 0.3) is 5.57 Å². The van der Waals surface area contributed by atoms with Crippen LogP contribution in [0, 0.1) is 13.8 Å². The van der Waals surface area contributed by atoms with Gasteiger partial charge in [-0.05, 0) is 86.2 Å². The number of rotatable bonds is 7. The number of aromatic nitrogens is 2. The molecule has 1 amide bonds. The van der Waals surface area contributed by atoms with E-state index >= 15 is 0 Å².